The third-order valence-corrected chi connectivity index (χ3v) is 17.4. The molecule has 2 aromatic carbocycles. The van der Waals surface area contributed by atoms with Gasteiger partial charge in [-0.1, -0.05) is 31.3 Å². The summed E-state index contributed by atoms with van der Waals surface area (Å²) in [5, 5.41) is 11.4. The van der Waals surface area contributed by atoms with E-state index in [-0.39, 0.29) is 64.7 Å². The number of hydrogen-bond acceptors (Lipinski definition) is 16. The number of amides is 2. The van der Waals surface area contributed by atoms with E-state index in [1.165, 1.54) is 61.8 Å². The highest BCUT2D eigenvalue weighted by atomic mass is 32.3. The molecule has 73 heavy (non-hydrogen) atoms. The van der Waals surface area contributed by atoms with Crippen molar-refractivity contribution in [2.24, 2.45) is 17.2 Å². The zero-order valence-corrected chi connectivity index (χ0v) is 44.5. The lowest BCUT2D eigenvalue weighted by molar-refractivity contribution is -0.437. The predicted molar refractivity (Wildman–Crippen MR) is 267 cm³/mol. The van der Waals surface area contributed by atoms with Crippen LogP contribution in [0, 0.1) is 0 Å². The summed E-state index contributed by atoms with van der Waals surface area (Å²) < 4.78 is 161. The minimum atomic E-state index is -4.66. The first-order chi connectivity index (χ1) is 33.6. The lowest BCUT2D eigenvalue weighted by Crippen LogP contribution is -2.28. The van der Waals surface area contributed by atoms with E-state index in [1.54, 1.807) is 61.5 Å². The van der Waals surface area contributed by atoms with Crippen LogP contribution < -0.4 is 20.2 Å². The maximum Gasteiger partial charge on any atom is 0.294 e. The van der Waals surface area contributed by atoms with Gasteiger partial charge < -0.3 is 10.2 Å². The summed E-state index contributed by atoms with van der Waals surface area (Å²) in [4.78, 5) is 35.2. The van der Waals surface area contributed by atoms with Gasteiger partial charge in [0.25, 0.3) is 56.4 Å². The van der Waals surface area contributed by atoms with Crippen molar-refractivity contribution >= 4 is 96.3 Å². The van der Waals surface area contributed by atoms with Crippen LogP contribution in [0.5, 0.6) is 0 Å². The van der Waals surface area contributed by atoms with Gasteiger partial charge in [-0.2, -0.15) is 43.2 Å². The zero-order chi connectivity index (χ0) is 54.3. The van der Waals surface area contributed by atoms with E-state index in [0.29, 0.717) is 50.8 Å². The fraction of sp³-hybridized carbons (Fsp3) is 0.349. The molecule has 0 spiro atoms. The van der Waals surface area contributed by atoms with E-state index < -0.39 is 89.0 Å². The van der Waals surface area contributed by atoms with Gasteiger partial charge in [0.15, 0.2) is 5.71 Å². The van der Waals surface area contributed by atoms with Gasteiger partial charge in [0, 0.05) is 79.3 Å². The molecule has 0 radical (unpaired) electrons. The summed E-state index contributed by atoms with van der Waals surface area (Å²) in [6.07, 6.45) is 7.47. The van der Waals surface area contributed by atoms with E-state index in [4.69, 9.17) is 5.14 Å². The summed E-state index contributed by atoms with van der Waals surface area (Å²) in [6.45, 7) is 6.95. The highest BCUT2D eigenvalue weighted by molar-refractivity contribution is 7.91. The molecular formula is C43H51N8O16S6+. The number of pyridine rings is 1. The number of carbonyl (C=O) groups excluding carboxylic acids is 2. The number of carbonyl (C=O) groups is 2. The summed E-state index contributed by atoms with van der Waals surface area (Å²) in [5.41, 5.74) is 1.52. The van der Waals surface area contributed by atoms with Gasteiger partial charge in [-0.15, -0.1) is 5.10 Å². The normalized spacial score (nSPS) is 16.9. The first-order valence-corrected chi connectivity index (χ1v) is 30.1. The fourth-order valence-electron chi connectivity index (χ4n) is 8.27. The predicted octanol–water partition coefficient (Wildman–Crippen LogP) is 2.52. The van der Waals surface area contributed by atoms with E-state index >= 15 is 0 Å². The van der Waals surface area contributed by atoms with Crippen molar-refractivity contribution in [2.45, 2.75) is 71.9 Å². The summed E-state index contributed by atoms with van der Waals surface area (Å²) >= 11 is 0.584. The third kappa shape index (κ3) is 13.6. The first-order valence-electron chi connectivity index (χ1n) is 21.6. The number of aromatic nitrogens is 3. The lowest BCUT2D eigenvalue weighted by Gasteiger charge is -2.27. The zero-order valence-electron chi connectivity index (χ0n) is 39.6. The van der Waals surface area contributed by atoms with Crippen molar-refractivity contribution in [3.05, 3.63) is 112 Å². The average molecular weight is 1130 g/mol. The minimum absolute atomic E-state index is 0.0197. The topological polar surface area (TPSA) is 373 Å². The van der Waals surface area contributed by atoms with Crippen LogP contribution in [0.1, 0.15) is 74.1 Å². The summed E-state index contributed by atoms with van der Waals surface area (Å²) in [6, 6.07) is 10.9. The average Bonchev–Trinajstić information content (AvgIpc) is 3.82. The molecule has 2 aliphatic heterocycles. The van der Waals surface area contributed by atoms with Crippen molar-refractivity contribution in [3.8, 4) is 0 Å². The molecule has 30 heteroatoms. The molecule has 2 aromatic heterocycles. The Bertz CT molecular complexity index is 3690. The monoisotopic (exact) mass is 1130 g/mol. The Morgan fingerprint density at radius 1 is 0.836 bits per heavy atom. The Morgan fingerprint density at radius 3 is 2.03 bits per heavy atom. The Labute approximate surface area is 425 Å². The number of rotatable bonds is 19. The standard InChI is InChI=1S/C43H50N8O16S6/c1-42(2)31-24-29(72(62,63)64)11-14-34(31)50(20-6-22-69(54,55)56)36(42)16-9-27(10-17-37-43(3,4)32-25-30(73(65,66)67)12-15-35(32)51(37)21-7-23-70(57,58)59)33-13-8-28(26-46-33)39(53)45-19-18-38(52)47-40-49(5)48-41(68-40)71(44,60)61/h8-17,24-26H,6-7,18-23H2,1-5H3,(H6-,44,45,53,54,55,56,57,58,59,60,61,62,63,64,65,66,67)/p+1/b47-40+. The van der Waals surface area contributed by atoms with Crippen LogP contribution in [0.3, 0.4) is 0 Å². The highest BCUT2D eigenvalue weighted by Crippen LogP contribution is 2.49. The number of primary sulfonamides is 1. The molecule has 0 saturated carbocycles. The molecule has 2 aliphatic rings. The lowest BCUT2D eigenvalue weighted by atomic mass is 9.81. The van der Waals surface area contributed by atoms with E-state index in [2.05, 4.69) is 20.4 Å². The second-order valence-corrected chi connectivity index (χ2v) is 26.5. The van der Waals surface area contributed by atoms with Crippen LogP contribution in [0.2, 0.25) is 0 Å². The number of nitrogens with one attached hydrogen (secondary N) is 1. The SMILES string of the molecule is Cn1nc(S(N)(=O)=O)s/c1=N/C(=O)CCNC(=O)c1ccc(C(=C\C=C2\N(CCCS(=O)(=O)O)c3ccc(S(=O)(=O)O)cc3C2(C)C)/C=C/C2=[N+](CCCS(=O)(=O)O)c3ccc(S(=O)(=O)O)cc3C2(C)C)nc1. The van der Waals surface area contributed by atoms with Crippen LogP contribution in [0.25, 0.3) is 5.57 Å². The molecule has 4 aromatic rings. The van der Waals surface area contributed by atoms with Gasteiger partial charge in [0.1, 0.15) is 6.54 Å². The van der Waals surface area contributed by atoms with Gasteiger partial charge >= 0.3 is 0 Å². The molecule has 0 aliphatic carbocycles. The first kappa shape index (κ1) is 56.6. The molecule has 6 rings (SSSR count). The molecule has 7 N–H and O–H groups in total. The molecule has 0 fully saturated rings. The van der Waals surface area contributed by atoms with Gasteiger partial charge in [-0.05, 0) is 80.4 Å². The number of hydrogen-bond donors (Lipinski definition) is 6. The second-order valence-electron chi connectivity index (χ2n) is 17.8. The number of sulfonamides is 1. The Morgan fingerprint density at radius 2 is 1.45 bits per heavy atom. The van der Waals surface area contributed by atoms with Crippen molar-refractivity contribution in [3.63, 3.8) is 0 Å². The molecule has 24 nitrogen and oxygen atoms in total. The molecule has 4 heterocycles. The van der Waals surface area contributed by atoms with Gasteiger partial charge in [-0.3, -0.25) is 32.8 Å². The van der Waals surface area contributed by atoms with Crippen LogP contribution in [-0.4, -0.2) is 128 Å². The van der Waals surface area contributed by atoms with Gasteiger partial charge in [-0.25, -0.2) is 18.2 Å². The molecule has 2 amide bonds. The van der Waals surface area contributed by atoms with Crippen molar-refractivity contribution in [1.82, 2.24) is 20.1 Å². The van der Waals surface area contributed by atoms with E-state index in [0.717, 1.165) is 4.68 Å². The molecule has 0 atom stereocenters. The number of nitrogens with zero attached hydrogens (tertiary/aromatic N) is 6. The highest BCUT2D eigenvalue weighted by Gasteiger charge is 2.45. The van der Waals surface area contributed by atoms with Gasteiger partial charge in [0.05, 0.1) is 38.0 Å². The number of aryl methyl sites for hydroxylation is 1. The maximum absolute atomic E-state index is 13.3. The van der Waals surface area contributed by atoms with Crippen LogP contribution in [0.4, 0.5) is 11.4 Å². The van der Waals surface area contributed by atoms with Gasteiger partial charge in [0.2, 0.25) is 20.7 Å². The quantitative estimate of drug-likeness (QED) is 0.0446. The van der Waals surface area contributed by atoms with Crippen molar-refractivity contribution < 1.29 is 74.5 Å². The molecule has 394 valence electrons. The Kier molecular flexibility index (Phi) is 16.2. The van der Waals surface area contributed by atoms with E-state index in [1.807, 2.05) is 0 Å². The largest absolute Gasteiger partial charge is 0.351 e. The second kappa shape index (κ2) is 20.9. The Balaban J connectivity index is 1.42. The third-order valence-electron chi connectivity index (χ3n) is 11.8. The molecule has 0 saturated heterocycles. The summed E-state index contributed by atoms with van der Waals surface area (Å²) in [7, 11) is -20.9. The van der Waals surface area contributed by atoms with Crippen LogP contribution >= 0.6 is 11.3 Å². The number of fused-ring (bicyclic) bond motifs is 2. The summed E-state index contributed by atoms with van der Waals surface area (Å²) in [5.74, 6) is -2.53. The number of benzene rings is 2. The molecule has 0 unspecified atom stereocenters. The van der Waals surface area contributed by atoms with Crippen molar-refractivity contribution in [1.29, 1.82) is 0 Å². The number of anilines is 1. The molecule has 0 bridgehead atoms. The maximum atomic E-state index is 13.3. The van der Waals surface area contributed by atoms with Crippen molar-refractivity contribution in [2.75, 3.05) is 36.0 Å². The Hall–Kier alpha value is -5.67. The fourth-order valence-corrected chi connectivity index (χ4v) is 11.8. The minimum Gasteiger partial charge on any atom is -0.351 e. The van der Waals surface area contributed by atoms with Crippen LogP contribution in [-0.2, 0) is 73.2 Å². The molecular weight excluding hydrogens is 1080 g/mol. The number of nitrogens with two attached hydrogens (primary N) is 1. The van der Waals surface area contributed by atoms with E-state index in [9.17, 15) is 69.9 Å². The van der Waals surface area contributed by atoms with Crippen LogP contribution in [0.15, 0.2) is 104 Å². The smallest absolute Gasteiger partial charge is 0.294 e. The number of allylic oxidation sites excluding steroid dienone is 6.